The van der Waals surface area contributed by atoms with Crippen LogP contribution in [-0.2, 0) is 0 Å². The highest BCUT2D eigenvalue weighted by atomic mass is 35.5. The van der Waals surface area contributed by atoms with Crippen LogP contribution in [-0.4, -0.2) is 10.1 Å². The molecule has 0 amide bonds. The van der Waals surface area contributed by atoms with E-state index in [-0.39, 0.29) is 5.76 Å². The van der Waals surface area contributed by atoms with Crippen molar-refractivity contribution in [3.8, 4) is 0 Å². The van der Waals surface area contributed by atoms with Gasteiger partial charge in [-0.1, -0.05) is 53.6 Å². The molecule has 26 heavy (non-hydrogen) atoms. The summed E-state index contributed by atoms with van der Waals surface area (Å²) in [5, 5.41) is 15.1. The molecular weight excluding hydrogens is 387 g/mol. The zero-order valence-electron chi connectivity index (χ0n) is 13.6. The second kappa shape index (κ2) is 8.32. The largest absolute Gasteiger partial charge is 0.502 e. The third-order valence-corrected chi connectivity index (χ3v) is 4.53. The maximum absolute atomic E-state index is 10.9. The fraction of sp³-hybridized carbons (Fsp3) is 0. The standard InChI is InChI=1S/C20H14Cl2N2OS/c21-15-10-8-14(9-11-15)19(25)18(24-12-4-1-5-13-24)20(26)23-17-7-3-2-6-16(17)22/h1-13H,(H-,23,25,26)/p+1. The first kappa shape index (κ1) is 18.4. The number of pyridine rings is 1. The third-order valence-electron chi connectivity index (χ3n) is 3.65. The Labute approximate surface area is 167 Å². The predicted molar refractivity (Wildman–Crippen MR) is 112 cm³/mol. The van der Waals surface area contributed by atoms with Crippen molar-refractivity contribution in [3.63, 3.8) is 0 Å². The quantitative estimate of drug-likeness (QED) is 0.258. The third kappa shape index (κ3) is 4.22. The molecule has 3 rings (SSSR count). The zero-order chi connectivity index (χ0) is 18.5. The average Bonchev–Trinajstić information content (AvgIpc) is 2.65. The molecule has 0 aliphatic carbocycles. The Hall–Kier alpha value is -2.40. The van der Waals surface area contributed by atoms with E-state index in [1.165, 1.54) is 0 Å². The lowest BCUT2D eigenvalue weighted by atomic mass is 10.1. The van der Waals surface area contributed by atoms with Crippen LogP contribution in [0.4, 0.5) is 5.69 Å². The summed E-state index contributed by atoms with van der Waals surface area (Å²) < 4.78 is 1.75. The minimum Gasteiger partial charge on any atom is -0.502 e. The van der Waals surface area contributed by atoms with Crippen LogP contribution in [0, 0.1) is 0 Å². The van der Waals surface area contributed by atoms with Gasteiger partial charge < -0.3 is 10.4 Å². The lowest BCUT2D eigenvalue weighted by Gasteiger charge is -2.11. The van der Waals surface area contributed by atoms with Crippen LogP contribution < -0.4 is 9.88 Å². The Bertz CT molecular complexity index is 957. The maximum atomic E-state index is 10.9. The van der Waals surface area contributed by atoms with Crippen LogP contribution in [0.5, 0.6) is 0 Å². The Morgan fingerprint density at radius 3 is 2.19 bits per heavy atom. The van der Waals surface area contributed by atoms with Gasteiger partial charge in [-0.15, -0.1) is 0 Å². The molecule has 0 bridgehead atoms. The Kier molecular flexibility index (Phi) is 5.89. The SMILES string of the molecule is OC(=C(C(=S)Nc1ccccc1Cl)[n+]1ccccc1)c1ccc(Cl)cc1. The fourth-order valence-electron chi connectivity index (χ4n) is 2.38. The van der Waals surface area contributed by atoms with Gasteiger partial charge in [-0.25, -0.2) is 0 Å². The predicted octanol–water partition coefficient (Wildman–Crippen LogP) is 5.60. The molecule has 1 aromatic heterocycles. The summed E-state index contributed by atoms with van der Waals surface area (Å²) in [5.41, 5.74) is 1.70. The van der Waals surface area contributed by atoms with Crippen molar-refractivity contribution in [1.82, 2.24) is 0 Å². The van der Waals surface area contributed by atoms with Gasteiger partial charge in [0.15, 0.2) is 23.1 Å². The van der Waals surface area contributed by atoms with E-state index in [1.807, 2.05) is 48.8 Å². The molecule has 0 unspecified atom stereocenters. The summed E-state index contributed by atoms with van der Waals surface area (Å²) >= 11 is 17.7. The van der Waals surface area contributed by atoms with Crippen LogP contribution in [0.3, 0.4) is 0 Å². The molecule has 0 aliphatic heterocycles. The monoisotopic (exact) mass is 401 g/mol. The number of aliphatic hydroxyl groups excluding tert-OH is 1. The molecule has 2 N–H and O–H groups in total. The average molecular weight is 402 g/mol. The molecule has 0 fully saturated rings. The number of nitrogens with one attached hydrogen (secondary N) is 1. The number of para-hydroxylation sites is 1. The van der Waals surface area contributed by atoms with Gasteiger partial charge in [0.2, 0.25) is 0 Å². The summed E-state index contributed by atoms with van der Waals surface area (Å²) in [6.45, 7) is 0. The molecule has 0 atom stereocenters. The van der Waals surface area contributed by atoms with Crippen molar-refractivity contribution in [2.24, 2.45) is 0 Å². The molecular formula is C20H15Cl2N2OS+. The van der Waals surface area contributed by atoms with Crippen molar-refractivity contribution in [1.29, 1.82) is 0 Å². The van der Waals surface area contributed by atoms with Crippen molar-refractivity contribution in [3.05, 3.63) is 94.7 Å². The van der Waals surface area contributed by atoms with Crippen molar-refractivity contribution in [2.45, 2.75) is 0 Å². The molecule has 0 radical (unpaired) electrons. The number of halogens is 2. The molecule has 0 spiro atoms. The molecule has 1 heterocycles. The van der Waals surface area contributed by atoms with Crippen molar-refractivity contribution in [2.75, 3.05) is 5.32 Å². The van der Waals surface area contributed by atoms with Gasteiger partial charge in [-0.05, 0) is 36.4 Å². The minimum absolute atomic E-state index is 0.0300. The number of thiocarbonyl (C=S) groups is 1. The van der Waals surface area contributed by atoms with Gasteiger partial charge in [0, 0.05) is 22.7 Å². The normalized spacial score (nSPS) is 11.6. The maximum Gasteiger partial charge on any atom is 0.288 e. The fourth-order valence-corrected chi connectivity index (χ4v) is 3.00. The molecule has 0 saturated heterocycles. The highest BCUT2D eigenvalue weighted by Gasteiger charge is 2.24. The second-order valence-electron chi connectivity index (χ2n) is 5.42. The lowest BCUT2D eigenvalue weighted by Crippen LogP contribution is -2.38. The first-order valence-electron chi connectivity index (χ1n) is 7.78. The second-order valence-corrected chi connectivity index (χ2v) is 6.67. The lowest BCUT2D eigenvalue weighted by molar-refractivity contribution is -0.575. The van der Waals surface area contributed by atoms with Crippen molar-refractivity contribution < 1.29 is 9.67 Å². The summed E-state index contributed by atoms with van der Waals surface area (Å²) in [6.07, 6.45) is 3.62. The van der Waals surface area contributed by atoms with E-state index in [4.69, 9.17) is 35.4 Å². The number of aromatic nitrogens is 1. The van der Waals surface area contributed by atoms with Gasteiger partial charge in [-0.2, -0.15) is 4.57 Å². The number of benzene rings is 2. The van der Waals surface area contributed by atoms with Gasteiger partial charge in [-0.3, -0.25) is 0 Å². The van der Waals surface area contributed by atoms with Crippen LogP contribution in [0.25, 0.3) is 11.5 Å². The summed E-state index contributed by atoms with van der Waals surface area (Å²) in [5.74, 6) is 0.0300. The van der Waals surface area contributed by atoms with E-state index in [2.05, 4.69) is 5.32 Å². The van der Waals surface area contributed by atoms with E-state index in [9.17, 15) is 5.11 Å². The molecule has 130 valence electrons. The van der Waals surface area contributed by atoms with E-state index in [1.54, 1.807) is 34.9 Å². The van der Waals surface area contributed by atoms with Gasteiger partial charge >= 0.3 is 0 Å². The minimum atomic E-state index is 0.0300. The molecule has 2 aromatic carbocycles. The van der Waals surface area contributed by atoms with E-state index < -0.39 is 0 Å². The molecule has 3 aromatic rings. The van der Waals surface area contributed by atoms with Gasteiger partial charge in [0.25, 0.3) is 5.70 Å². The highest BCUT2D eigenvalue weighted by Crippen LogP contribution is 2.24. The van der Waals surface area contributed by atoms with Gasteiger partial charge in [0.1, 0.15) is 0 Å². The van der Waals surface area contributed by atoms with Crippen LogP contribution in [0.2, 0.25) is 10.0 Å². The topological polar surface area (TPSA) is 36.1 Å². The van der Waals surface area contributed by atoms with Crippen LogP contribution >= 0.6 is 35.4 Å². The summed E-state index contributed by atoms with van der Waals surface area (Å²) in [7, 11) is 0. The Balaban J connectivity index is 2.06. The summed E-state index contributed by atoms with van der Waals surface area (Å²) in [6, 6.07) is 19.8. The van der Waals surface area contributed by atoms with E-state index in [0.29, 0.717) is 32.0 Å². The number of rotatable bonds is 4. The van der Waals surface area contributed by atoms with E-state index in [0.717, 1.165) is 0 Å². The van der Waals surface area contributed by atoms with E-state index >= 15 is 0 Å². The van der Waals surface area contributed by atoms with Crippen molar-refractivity contribution >= 4 is 57.6 Å². The molecule has 0 aliphatic rings. The number of aliphatic hydroxyl groups is 1. The zero-order valence-corrected chi connectivity index (χ0v) is 15.9. The smallest absolute Gasteiger partial charge is 0.288 e. The summed E-state index contributed by atoms with van der Waals surface area (Å²) in [4.78, 5) is 0.335. The van der Waals surface area contributed by atoms with Gasteiger partial charge in [0.05, 0.1) is 10.7 Å². The van der Waals surface area contributed by atoms with Crippen LogP contribution in [0.1, 0.15) is 5.56 Å². The highest BCUT2D eigenvalue weighted by molar-refractivity contribution is 7.81. The molecule has 0 saturated carbocycles. The Morgan fingerprint density at radius 1 is 0.885 bits per heavy atom. The Morgan fingerprint density at radius 2 is 1.54 bits per heavy atom. The number of anilines is 1. The number of nitrogens with zero attached hydrogens (tertiary/aromatic N) is 1. The first-order chi connectivity index (χ1) is 12.6. The number of hydrogen-bond acceptors (Lipinski definition) is 2. The molecule has 6 heteroatoms. The van der Waals surface area contributed by atoms with Crippen LogP contribution in [0.15, 0.2) is 79.1 Å². The first-order valence-corrected chi connectivity index (χ1v) is 8.94. The number of hydrogen-bond donors (Lipinski definition) is 2. The molecule has 3 nitrogen and oxygen atoms in total.